The molecule has 1 amide bonds. The molecule has 7 heteroatoms. The van der Waals surface area contributed by atoms with E-state index in [4.69, 9.17) is 0 Å². The third-order valence-corrected chi connectivity index (χ3v) is 4.81. The fourth-order valence-electron chi connectivity index (χ4n) is 2.94. The number of hydrogen-bond acceptors (Lipinski definition) is 3. The van der Waals surface area contributed by atoms with Crippen molar-refractivity contribution in [3.63, 3.8) is 0 Å². The Kier molecular flexibility index (Phi) is 5.60. The molecular weight excluding hydrogens is 375 g/mol. The number of fused-ring (bicyclic) bond motifs is 1. The van der Waals surface area contributed by atoms with Gasteiger partial charge in [0, 0.05) is 25.9 Å². The van der Waals surface area contributed by atoms with E-state index in [9.17, 15) is 9.18 Å². The largest absolute Gasteiger partial charge is 0.355 e. The molecule has 5 nitrogen and oxygen atoms in total. The molecule has 2 aromatic rings. The minimum absolute atomic E-state index is 0.0795. The van der Waals surface area contributed by atoms with Crippen LogP contribution in [0.1, 0.15) is 36.5 Å². The lowest BCUT2D eigenvalue weighted by Gasteiger charge is -2.08. The first-order valence-electron chi connectivity index (χ1n) is 8.25. The fraction of sp³-hybridized carbons (Fsp3) is 0.471. The van der Waals surface area contributed by atoms with Crippen molar-refractivity contribution in [2.24, 2.45) is 0 Å². The van der Waals surface area contributed by atoms with Crippen LogP contribution in [-0.4, -0.2) is 27.2 Å². The van der Waals surface area contributed by atoms with E-state index in [-0.39, 0.29) is 18.1 Å². The van der Waals surface area contributed by atoms with Gasteiger partial charge in [0.25, 0.3) is 0 Å². The van der Waals surface area contributed by atoms with Crippen molar-refractivity contribution in [2.75, 3.05) is 6.54 Å². The van der Waals surface area contributed by atoms with Gasteiger partial charge in [-0.3, -0.25) is 4.79 Å². The van der Waals surface area contributed by atoms with Crippen LogP contribution in [0.3, 0.4) is 0 Å². The number of benzene rings is 1. The molecule has 0 aliphatic carbocycles. The molecule has 0 radical (unpaired) electrons. The maximum absolute atomic E-state index is 13.2. The zero-order valence-corrected chi connectivity index (χ0v) is 15.0. The number of carbonyl (C=O) groups excluding carboxylic acids is 1. The number of aromatic nitrogens is 3. The standard InChI is InChI=1S/C17H20BrFN4O/c18-13-10-12(5-6-14(13)19)11-17(24)20-8-7-16-22-21-15-4-2-1-3-9-23(15)16/h5-6,10H,1-4,7-9,11H2,(H,20,24). The van der Waals surface area contributed by atoms with Gasteiger partial charge in [-0.05, 0) is 46.5 Å². The van der Waals surface area contributed by atoms with Gasteiger partial charge in [-0.25, -0.2) is 4.39 Å². The predicted octanol–water partition coefficient (Wildman–Crippen LogP) is 2.81. The van der Waals surface area contributed by atoms with Crippen molar-refractivity contribution >= 4 is 21.8 Å². The number of nitrogens with one attached hydrogen (secondary N) is 1. The summed E-state index contributed by atoms with van der Waals surface area (Å²) >= 11 is 3.13. The zero-order valence-electron chi connectivity index (χ0n) is 13.4. The van der Waals surface area contributed by atoms with Crippen molar-refractivity contribution in [2.45, 2.75) is 45.1 Å². The van der Waals surface area contributed by atoms with E-state index in [1.807, 2.05) is 0 Å². The Morgan fingerprint density at radius 3 is 3.00 bits per heavy atom. The van der Waals surface area contributed by atoms with E-state index in [1.165, 1.54) is 18.9 Å². The van der Waals surface area contributed by atoms with Crippen LogP contribution < -0.4 is 5.32 Å². The average Bonchev–Trinajstić information content (AvgIpc) is 2.79. The summed E-state index contributed by atoms with van der Waals surface area (Å²) in [6.45, 7) is 1.49. The number of amides is 1. The second-order valence-corrected chi connectivity index (χ2v) is 6.87. The van der Waals surface area contributed by atoms with Gasteiger partial charge in [0.1, 0.15) is 17.5 Å². The van der Waals surface area contributed by atoms with Crippen LogP contribution in [0.2, 0.25) is 0 Å². The molecule has 0 unspecified atom stereocenters. The van der Waals surface area contributed by atoms with Gasteiger partial charge >= 0.3 is 0 Å². The summed E-state index contributed by atoms with van der Waals surface area (Å²) in [5.74, 6) is 1.59. The number of rotatable bonds is 5. The Morgan fingerprint density at radius 2 is 2.17 bits per heavy atom. The lowest BCUT2D eigenvalue weighted by atomic mass is 10.1. The minimum atomic E-state index is -0.327. The first kappa shape index (κ1) is 17.1. The van der Waals surface area contributed by atoms with Crippen LogP contribution in [-0.2, 0) is 30.6 Å². The Labute approximate surface area is 148 Å². The lowest BCUT2D eigenvalue weighted by Crippen LogP contribution is -2.28. The van der Waals surface area contributed by atoms with E-state index in [2.05, 4.69) is 36.0 Å². The molecule has 0 bridgehead atoms. The molecule has 1 aromatic carbocycles. The second kappa shape index (κ2) is 7.88. The quantitative estimate of drug-likeness (QED) is 0.847. The summed E-state index contributed by atoms with van der Waals surface area (Å²) in [6, 6.07) is 4.61. The lowest BCUT2D eigenvalue weighted by molar-refractivity contribution is -0.120. The summed E-state index contributed by atoms with van der Waals surface area (Å²) in [4.78, 5) is 12.0. The average molecular weight is 395 g/mol. The number of aryl methyl sites for hydroxylation is 1. The monoisotopic (exact) mass is 394 g/mol. The Hall–Kier alpha value is -1.76. The molecule has 24 heavy (non-hydrogen) atoms. The highest BCUT2D eigenvalue weighted by Crippen LogP contribution is 2.17. The smallest absolute Gasteiger partial charge is 0.224 e. The molecule has 2 heterocycles. The summed E-state index contributed by atoms with van der Waals surface area (Å²) in [6.07, 6.45) is 5.44. The topological polar surface area (TPSA) is 59.8 Å². The molecule has 0 fully saturated rings. The Bertz CT molecular complexity index is 731. The highest BCUT2D eigenvalue weighted by atomic mass is 79.9. The van der Waals surface area contributed by atoms with Crippen LogP contribution in [0.15, 0.2) is 22.7 Å². The Morgan fingerprint density at radius 1 is 1.29 bits per heavy atom. The molecule has 1 aliphatic heterocycles. The number of nitrogens with zero attached hydrogens (tertiary/aromatic N) is 3. The highest BCUT2D eigenvalue weighted by Gasteiger charge is 2.14. The van der Waals surface area contributed by atoms with Gasteiger partial charge in [-0.1, -0.05) is 12.5 Å². The van der Waals surface area contributed by atoms with E-state index in [1.54, 1.807) is 12.1 Å². The molecule has 1 N–H and O–H groups in total. The van der Waals surface area contributed by atoms with E-state index in [0.29, 0.717) is 17.4 Å². The third-order valence-electron chi connectivity index (χ3n) is 4.21. The van der Waals surface area contributed by atoms with Crippen molar-refractivity contribution < 1.29 is 9.18 Å². The van der Waals surface area contributed by atoms with Gasteiger partial charge < -0.3 is 9.88 Å². The van der Waals surface area contributed by atoms with Gasteiger partial charge in [-0.15, -0.1) is 10.2 Å². The van der Waals surface area contributed by atoms with Crippen molar-refractivity contribution in [3.8, 4) is 0 Å². The first-order chi connectivity index (χ1) is 11.6. The Balaban J connectivity index is 1.50. The van der Waals surface area contributed by atoms with E-state index in [0.717, 1.165) is 36.6 Å². The van der Waals surface area contributed by atoms with Gasteiger partial charge in [-0.2, -0.15) is 0 Å². The normalized spacial score (nSPS) is 14.1. The molecule has 0 spiro atoms. The van der Waals surface area contributed by atoms with Gasteiger partial charge in [0.05, 0.1) is 10.9 Å². The molecule has 0 saturated carbocycles. The zero-order chi connectivity index (χ0) is 16.9. The third kappa shape index (κ3) is 4.20. The van der Waals surface area contributed by atoms with E-state index < -0.39 is 0 Å². The summed E-state index contributed by atoms with van der Waals surface area (Å²) in [5.41, 5.74) is 0.775. The highest BCUT2D eigenvalue weighted by molar-refractivity contribution is 9.10. The van der Waals surface area contributed by atoms with E-state index >= 15 is 0 Å². The van der Waals surface area contributed by atoms with Crippen molar-refractivity contribution in [3.05, 3.63) is 45.7 Å². The molecule has 128 valence electrons. The second-order valence-electron chi connectivity index (χ2n) is 6.02. The molecule has 0 atom stereocenters. The first-order valence-corrected chi connectivity index (χ1v) is 9.04. The van der Waals surface area contributed by atoms with Crippen LogP contribution in [0.25, 0.3) is 0 Å². The predicted molar refractivity (Wildman–Crippen MR) is 92.1 cm³/mol. The summed E-state index contributed by atoms with van der Waals surface area (Å²) in [7, 11) is 0. The van der Waals surface area contributed by atoms with Gasteiger partial charge in [0.15, 0.2) is 0 Å². The molecule has 3 rings (SSSR count). The summed E-state index contributed by atoms with van der Waals surface area (Å²) in [5, 5.41) is 11.4. The molecule has 1 aliphatic rings. The fourth-order valence-corrected chi connectivity index (χ4v) is 3.37. The van der Waals surface area contributed by atoms with Crippen LogP contribution >= 0.6 is 15.9 Å². The molecule has 1 aromatic heterocycles. The van der Waals surface area contributed by atoms with Crippen LogP contribution in [0, 0.1) is 5.82 Å². The van der Waals surface area contributed by atoms with Crippen LogP contribution in [0.4, 0.5) is 4.39 Å². The number of hydrogen-bond donors (Lipinski definition) is 1. The SMILES string of the molecule is O=C(Cc1ccc(F)c(Br)c1)NCCc1nnc2n1CCCCC2. The van der Waals surface area contributed by atoms with Gasteiger partial charge in [0.2, 0.25) is 5.91 Å². The number of halogens is 2. The molecule has 0 saturated heterocycles. The maximum atomic E-state index is 13.2. The maximum Gasteiger partial charge on any atom is 0.224 e. The van der Waals surface area contributed by atoms with Crippen molar-refractivity contribution in [1.82, 2.24) is 20.1 Å². The van der Waals surface area contributed by atoms with Crippen molar-refractivity contribution in [1.29, 1.82) is 0 Å². The molecular formula is C17H20BrFN4O. The minimum Gasteiger partial charge on any atom is -0.355 e. The number of carbonyl (C=O) groups is 1. The van der Waals surface area contributed by atoms with Crippen LogP contribution in [0.5, 0.6) is 0 Å². The summed E-state index contributed by atoms with van der Waals surface area (Å²) < 4.78 is 15.8.